The summed E-state index contributed by atoms with van der Waals surface area (Å²) in [5.74, 6) is 0. The lowest BCUT2D eigenvalue weighted by molar-refractivity contribution is -0.0281. The molecule has 1 heterocycles. The van der Waals surface area contributed by atoms with E-state index in [4.69, 9.17) is 0 Å². The van der Waals surface area contributed by atoms with Crippen LogP contribution in [0.5, 0.6) is 0 Å². The minimum absolute atomic E-state index is 0.334. The van der Waals surface area contributed by atoms with Crippen molar-refractivity contribution in [1.29, 1.82) is 0 Å². The summed E-state index contributed by atoms with van der Waals surface area (Å²) in [7, 11) is 0. The third-order valence-electron chi connectivity index (χ3n) is 3.79. The molecule has 1 saturated heterocycles. The summed E-state index contributed by atoms with van der Waals surface area (Å²) < 4.78 is 26.6. The highest BCUT2D eigenvalue weighted by Gasteiger charge is 2.41. The summed E-state index contributed by atoms with van der Waals surface area (Å²) in [6.45, 7) is 12.8. The zero-order chi connectivity index (χ0) is 13.2. The van der Waals surface area contributed by atoms with E-state index in [1.54, 1.807) is 6.92 Å². The van der Waals surface area contributed by atoms with Gasteiger partial charge in [0.1, 0.15) is 0 Å². The smallest absolute Gasteiger partial charge is 0.246 e. The molecule has 0 aromatic rings. The van der Waals surface area contributed by atoms with Crippen LogP contribution in [-0.2, 0) is 0 Å². The van der Waals surface area contributed by atoms with Crippen molar-refractivity contribution in [2.45, 2.75) is 53.1 Å². The fraction of sp³-hybridized carbons (Fsp3) is 1.00. The van der Waals surface area contributed by atoms with Gasteiger partial charge < -0.3 is 0 Å². The van der Waals surface area contributed by atoms with Gasteiger partial charge in [0.2, 0.25) is 6.43 Å². The summed E-state index contributed by atoms with van der Waals surface area (Å²) in [4.78, 5) is 4.35. The second kappa shape index (κ2) is 5.61. The molecule has 0 aliphatic carbocycles. The molecule has 0 amide bonds. The second-order valence-corrected chi connectivity index (χ2v) is 6.08. The molecule has 0 aromatic heterocycles. The van der Waals surface area contributed by atoms with Crippen LogP contribution < -0.4 is 0 Å². The molecule has 17 heavy (non-hydrogen) atoms. The van der Waals surface area contributed by atoms with Crippen LogP contribution in [0.15, 0.2) is 0 Å². The Labute approximate surface area is 104 Å². The molecule has 0 unspecified atom stereocenters. The summed E-state index contributed by atoms with van der Waals surface area (Å²) in [5, 5.41) is 0. The highest BCUT2D eigenvalue weighted by atomic mass is 19.3. The Bertz CT molecular complexity index is 224. The van der Waals surface area contributed by atoms with E-state index in [-0.39, 0.29) is 0 Å². The van der Waals surface area contributed by atoms with Gasteiger partial charge in [-0.1, -0.05) is 6.92 Å². The van der Waals surface area contributed by atoms with Crippen LogP contribution in [0.4, 0.5) is 8.78 Å². The number of halogens is 2. The summed E-state index contributed by atoms with van der Waals surface area (Å²) >= 11 is 0. The molecule has 2 nitrogen and oxygen atoms in total. The van der Waals surface area contributed by atoms with Crippen molar-refractivity contribution >= 4 is 0 Å². The largest absolute Gasteiger partial charge is 0.299 e. The van der Waals surface area contributed by atoms with Crippen LogP contribution in [0.3, 0.4) is 0 Å². The molecule has 0 bridgehead atoms. The van der Waals surface area contributed by atoms with Gasteiger partial charge in [0.05, 0.1) is 5.41 Å². The van der Waals surface area contributed by atoms with Crippen molar-refractivity contribution in [3.8, 4) is 0 Å². The highest BCUT2D eigenvalue weighted by Crippen LogP contribution is 2.31. The van der Waals surface area contributed by atoms with Crippen LogP contribution in [0.1, 0.15) is 34.6 Å². The average Bonchev–Trinajstić information content (AvgIpc) is 2.38. The van der Waals surface area contributed by atoms with Gasteiger partial charge >= 0.3 is 0 Å². The molecular formula is C13H26F2N2. The summed E-state index contributed by atoms with van der Waals surface area (Å²) in [6, 6.07) is 0.667. The molecule has 102 valence electrons. The SMILES string of the molecule is CC(C)N1CCN(C(C)C)CC(C)(C(F)F)C1. The van der Waals surface area contributed by atoms with Gasteiger partial charge in [-0.25, -0.2) is 8.78 Å². The Balaban J connectivity index is 2.86. The van der Waals surface area contributed by atoms with Gasteiger partial charge in [-0.3, -0.25) is 9.80 Å². The van der Waals surface area contributed by atoms with E-state index in [9.17, 15) is 8.78 Å². The molecule has 0 aromatic carbocycles. The van der Waals surface area contributed by atoms with E-state index >= 15 is 0 Å². The topological polar surface area (TPSA) is 6.48 Å². The maximum atomic E-state index is 13.3. The van der Waals surface area contributed by atoms with E-state index < -0.39 is 11.8 Å². The third kappa shape index (κ3) is 3.62. The third-order valence-corrected chi connectivity index (χ3v) is 3.79. The molecule has 1 rings (SSSR count). The molecule has 4 heteroatoms. The fourth-order valence-electron chi connectivity index (χ4n) is 2.41. The Morgan fingerprint density at radius 3 is 1.47 bits per heavy atom. The predicted molar refractivity (Wildman–Crippen MR) is 67.5 cm³/mol. The molecule has 0 N–H and O–H groups in total. The lowest BCUT2D eigenvalue weighted by atomic mass is 9.89. The monoisotopic (exact) mass is 248 g/mol. The highest BCUT2D eigenvalue weighted by molar-refractivity contribution is 4.89. The first-order chi connectivity index (χ1) is 7.76. The average molecular weight is 248 g/mol. The number of nitrogens with zero attached hydrogens (tertiary/aromatic N) is 2. The molecule has 0 radical (unpaired) electrons. The Morgan fingerprint density at radius 1 is 0.882 bits per heavy atom. The van der Waals surface area contributed by atoms with E-state index in [1.807, 2.05) is 0 Å². The van der Waals surface area contributed by atoms with Crippen LogP contribution in [-0.4, -0.2) is 54.5 Å². The second-order valence-electron chi connectivity index (χ2n) is 6.08. The number of hydrogen-bond donors (Lipinski definition) is 0. The maximum Gasteiger partial charge on any atom is 0.246 e. The first-order valence-electron chi connectivity index (χ1n) is 6.52. The van der Waals surface area contributed by atoms with Crippen molar-refractivity contribution in [2.75, 3.05) is 26.2 Å². The van der Waals surface area contributed by atoms with Crippen LogP contribution in [0, 0.1) is 5.41 Å². The van der Waals surface area contributed by atoms with Crippen molar-refractivity contribution in [2.24, 2.45) is 5.41 Å². The molecule has 0 saturated carbocycles. The van der Waals surface area contributed by atoms with Crippen LogP contribution >= 0.6 is 0 Å². The lowest BCUT2D eigenvalue weighted by Crippen LogP contribution is -2.46. The molecule has 1 aliphatic rings. The zero-order valence-electron chi connectivity index (χ0n) is 11.7. The van der Waals surface area contributed by atoms with Gasteiger partial charge in [-0.2, -0.15) is 0 Å². The Morgan fingerprint density at radius 2 is 1.24 bits per heavy atom. The minimum atomic E-state index is -2.26. The van der Waals surface area contributed by atoms with Crippen molar-refractivity contribution in [1.82, 2.24) is 9.80 Å². The first-order valence-corrected chi connectivity index (χ1v) is 6.52. The lowest BCUT2D eigenvalue weighted by Gasteiger charge is -2.36. The van der Waals surface area contributed by atoms with Crippen LogP contribution in [0.2, 0.25) is 0 Å². The standard InChI is InChI=1S/C13H26F2N2/c1-10(2)16-6-7-17(11(3)4)9-13(5,8-16)12(14)15/h10-12H,6-9H2,1-5H3. The number of hydrogen-bond acceptors (Lipinski definition) is 2. The quantitative estimate of drug-likeness (QED) is 0.757. The van der Waals surface area contributed by atoms with Crippen LogP contribution in [0.25, 0.3) is 0 Å². The maximum absolute atomic E-state index is 13.3. The molecular weight excluding hydrogens is 222 g/mol. The van der Waals surface area contributed by atoms with Gasteiger partial charge in [-0.15, -0.1) is 0 Å². The minimum Gasteiger partial charge on any atom is -0.299 e. The van der Waals surface area contributed by atoms with E-state index in [2.05, 4.69) is 37.5 Å². The van der Waals surface area contributed by atoms with Gasteiger partial charge in [0, 0.05) is 38.3 Å². The summed E-state index contributed by atoms with van der Waals surface area (Å²) in [6.07, 6.45) is -2.26. The van der Waals surface area contributed by atoms with Crippen molar-refractivity contribution in [3.63, 3.8) is 0 Å². The normalized spacial score (nSPS) is 23.6. The van der Waals surface area contributed by atoms with E-state index in [0.29, 0.717) is 25.2 Å². The fourth-order valence-corrected chi connectivity index (χ4v) is 2.41. The molecule has 0 spiro atoms. The number of alkyl halides is 2. The van der Waals surface area contributed by atoms with Gasteiger partial charge in [-0.05, 0) is 27.7 Å². The van der Waals surface area contributed by atoms with E-state index in [0.717, 1.165) is 13.1 Å². The molecule has 0 atom stereocenters. The zero-order valence-corrected chi connectivity index (χ0v) is 11.7. The predicted octanol–water partition coefficient (Wildman–Crippen LogP) is 2.69. The Hall–Kier alpha value is -0.220. The number of rotatable bonds is 3. The Kier molecular flexibility index (Phi) is 4.90. The molecule has 1 aliphatic heterocycles. The molecule has 1 fully saturated rings. The van der Waals surface area contributed by atoms with Gasteiger partial charge in [0.25, 0.3) is 0 Å². The van der Waals surface area contributed by atoms with Crippen molar-refractivity contribution < 1.29 is 8.78 Å². The first kappa shape index (κ1) is 14.8. The van der Waals surface area contributed by atoms with Gasteiger partial charge in [0.15, 0.2) is 0 Å². The summed E-state index contributed by atoms with van der Waals surface area (Å²) in [5.41, 5.74) is -0.912. The van der Waals surface area contributed by atoms with E-state index in [1.165, 1.54) is 0 Å². The van der Waals surface area contributed by atoms with Crippen molar-refractivity contribution in [3.05, 3.63) is 0 Å².